The number of nitrogens with zero attached hydrogens (tertiary/aromatic N) is 3. The molecule has 0 radical (unpaired) electrons. The third-order valence-corrected chi connectivity index (χ3v) is 5.57. The summed E-state index contributed by atoms with van der Waals surface area (Å²) in [7, 11) is 0. The third kappa shape index (κ3) is 3.74. The van der Waals surface area contributed by atoms with Crippen LogP contribution in [-0.2, 0) is 11.2 Å². The highest BCUT2D eigenvalue weighted by atomic mass is 16.1. The molecule has 1 aliphatic carbocycles. The lowest BCUT2D eigenvalue weighted by Gasteiger charge is -2.33. The molecule has 6 heteroatoms. The highest BCUT2D eigenvalue weighted by molar-refractivity contribution is 5.92. The number of fused-ring (bicyclic) bond motifs is 1. The number of rotatable bonds is 5. The van der Waals surface area contributed by atoms with Gasteiger partial charge in [0.2, 0.25) is 5.91 Å². The number of nitrogens with one attached hydrogen (secondary N) is 2. The van der Waals surface area contributed by atoms with Crippen LogP contribution >= 0.6 is 0 Å². The fraction of sp³-hybridized carbons (Fsp3) is 0.217. The number of hydrogen-bond donors (Lipinski definition) is 2. The molecule has 0 spiro atoms. The Labute approximate surface area is 168 Å². The summed E-state index contributed by atoms with van der Waals surface area (Å²) in [6, 6.07) is 17.8. The second kappa shape index (κ2) is 7.47. The van der Waals surface area contributed by atoms with Gasteiger partial charge in [-0.2, -0.15) is 5.10 Å². The molecule has 6 nitrogen and oxygen atoms in total. The van der Waals surface area contributed by atoms with Gasteiger partial charge in [0.25, 0.3) is 0 Å². The van der Waals surface area contributed by atoms with Crippen molar-refractivity contribution in [1.82, 2.24) is 20.2 Å². The summed E-state index contributed by atoms with van der Waals surface area (Å²) in [6.07, 6.45) is 6.01. The van der Waals surface area contributed by atoms with E-state index in [2.05, 4.69) is 31.5 Å². The van der Waals surface area contributed by atoms with Crippen LogP contribution in [-0.4, -0.2) is 26.1 Å². The first-order chi connectivity index (χ1) is 14.2. The Hall–Kier alpha value is -3.54. The van der Waals surface area contributed by atoms with Gasteiger partial charge in [-0.3, -0.25) is 19.9 Å². The molecule has 2 N–H and O–H groups in total. The Morgan fingerprint density at radius 2 is 1.83 bits per heavy atom. The van der Waals surface area contributed by atoms with Crippen molar-refractivity contribution in [3.8, 4) is 0 Å². The number of benzene rings is 1. The molecule has 0 atom stereocenters. The highest BCUT2D eigenvalue weighted by Crippen LogP contribution is 2.46. The van der Waals surface area contributed by atoms with E-state index in [0.29, 0.717) is 24.1 Å². The zero-order valence-electron chi connectivity index (χ0n) is 15.9. The standard InChI is InChI=1S/C23H21N5O/c29-23(11-15-6-7-20-16(10-15)4-3-9-25-20)26-22-14-21(27-28-22)18-12-17(13-18)19-5-1-2-8-24-19/h1-10,14,17-18H,11-13H2,(H2,26,27,28,29)/t17-,18+. The van der Waals surface area contributed by atoms with Gasteiger partial charge >= 0.3 is 0 Å². The average molecular weight is 383 g/mol. The quantitative estimate of drug-likeness (QED) is 0.541. The molecule has 4 aromatic rings. The number of amides is 1. The summed E-state index contributed by atoms with van der Waals surface area (Å²) in [5.41, 5.74) is 4.04. The van der Waals surface area contributed by atoms with Crippen LogP contribution in [0.5, 0.6) is 0 Å². The predicted molar refractivity (Wildman–Crippen MR) is 112 cm³/mol. The monoisotopic (exact) mass is 383 g/mol. The largest absolute Gasteiger partial charge is 0.311 e. The first-order valence-corrected chi connectivity index (χ1v) is 9.84. The van der Waals surface area contributed by atoms with Crippen molar-refractivity contribution < 1.29 is 4.79 Å². The molecule has 0 saturated heterocycles. The first-order valence-electron chi connectivity index (χ1n) is 9.84. The Balaban J connectivity index is 1.18. The SMILES string of the molecule is O=C(Cc1ccc2ncccc2c1)Nc1cc([C@H]2C[C@@H](c3ccccn3)C2)n[nH]1. The molecule has 0 bridgehead atoms. The zero-order chi connectivity index (χ0) is 19.6. The number of carbonyl (C=O) groups is 1. The van der Waals surface area contributed by atoms with Crippen LogP contribution in [0, 0.1) is 0 Å². The summed E-state index contributed by atoms with van der Waals surface area (Å²) < 4.78 is 0. The van der Waals surface area contributed by atoms with Gasteiger partial charge in [-0.25, -0.2) is 0 Å². The van der Waals surface area contributed by atoms with E-state index in [1.165, 1.54) is 0 Å². The van der Waals surface area contributed by atoms with Crippen molar-refractivity contribution in [3.63, 3.8) is 0 Å². The number of aromatic nitrogens is 4. The lowest BCUT2D eigenvalue weighted by molar-refractivity contribution is -0.115. The number of anilines is 1. The number of H-pyrrole nitrogens is 1. The lowest BCUT2D eigenvalue weighted by atomic mass is 9.71. The molecule has 0 aliphatic heterocycles. The maximum atomic E-state index is 12.4. The smallest absolute Gasteiger partial charge is 0.229 e. The van der Waals surface area contributed by atoms with Crippen molar-refractivity contribution in [2.24, 2.45) is 0 Å². The average Bonchev–Trinajstić information content (AvgIpc) is 3.15. The van der Waals surface area contributed by atoms with Gasteiger partial charge in [-0.1, -0.05) is 18.2 Å². The van der Waals surface area contributed by atoms with Gasteiger partial charge in [0, 0.05) is 41.4 Å². The van der Waals surface area contributed by atoms with Crippen molar-refractivity contribution in [3.05, 3.63) is 83.9 Å². The Morgan fingerprint density at radius 1 is 0.966 bits per heavy atom. The van der Waals surface area contributed by atoms with Gasteiger partial charge < -0.3 is 5.32 Å². The van der Waals surface area contributed by atoms with Crippen LogP contribution < -0.4 is 5.32 Å². The zero-order valence-corrected chi connectivity index (χ0v) is 15.9. The fourth-order valence-corrected chi connectivity index (χ4v) is 3.94. The molecular weight excluding hydrogens is 362 g/mol. The molecule has 1 fully saturated rings. The van der Waals surface area contributed by atoms with Crippen molar-refractivity contribution in [2.75, 3.05) is 5.32 Å². The number of hydrogen-bond acceptors (Lipinski definition) is 4. The minimum absolute atomic E-state index is 0.0663. The molecule has 3 heterocycles. The van der Waals surface area contributed by atoms with Crippen LogP contribution in [0.25, 0.3) is 10.9 Å². The normalized spacial score (nSPS) is 18.3. The van der Waals surface area contributed by atoms with Crippen LogP contribution in [0.15, 0.2) is 67.0 Å². The molecule has 1 amide bonds. The van der Waals surface area contributed by atoms with Gasteiger partial charge in [-0.05, 0) is 48.7 Å². The van der Waals surface area contributed by atoms with Crippen LogP contribution in [0.2, 0.25) is 0 Å². The third-order valence-electron chi connectivity index (χ3n) is 5.57. The maximum absolute atomic E-state index is 12.4. The maximum Gasteiger partial charge on any atom is 0.229 e. The molecular formula is C23H21N5O. The van der Waals surface area contributed by atoms with E-state index in [0.717, 1.165) is 40.7 Å². The topological polar surface area (TPSA) is 83.6 Å². The highest BCUT2D eigenvalue weighted by Gasteiger charge is 2.33. The van der Waals surface area contributed by atoms with Gasteiger partial charge in [0.15, 0.2) is 0 Å². The van der Waals surface area contributed by atoms with E-state index in [-0.39, 0.29) is 5.91 Å². The van der Waals surface area contributed by atoms with Crippen LogP contribution in [0.4, 0.5) is 5.82 Å². The number of aromatic amines is 1. The van der Waals surface area contributed by atoms with Crippen LogP contribution in [0.3, 0.4) is 0 Å². The minimum atomic E-state index is -0.0663. The molecule has 144 valence electrons. The van der Waals surface area contributed by atoms with Gasteiger partial charge in [0.05, 0.1) is 17.6 Å². The number of carbonyl (C=O) groups excluding carboxylic acids is 1. The van der Waals surface area contributed by atoms with E-state index in [1.807, 2.05) is 54.7 Å². The van der Waals surface area contributed by atoms with E-state index in [1.54, 1.807) is 6.20 Å². The molecule has 5 rings (SSSR count). The van der Waals surface area contributed by atoms with E-state index >= 15 is 0 Å². The van der Waals surface area contributed by atoms with E-state index in [9.17, 15) is 4.79 Å². The summed E-state index contributed by atoms with van der Waals surface area (Å²) >= 11 is 0. The van der Waals surface area contributed by atoms with Crippen LogP contribution in [0.1, 0.15) is 41.6 Å². The lowest BCUT2D eigenvalue weighted by Crippen LogP contribution is -2.21. The summed E-state index contributed by atoms with van der Waals surface area (Å²) in [5, 5.41) is 11.3. The first kappa shape index (κ1) is 17.6. The fourth-order valence-electron chi connectivity index (χ4n) is 3.94. The van der Waals surface area contributed by atoms with E-state index in [4.69, 9.17) is 0 Å². The Morgan fingerprint density at radius 3 is 2.69 bits per heavy atom. The molecule has 3 aromatic heterocycles. The molecule has 1 saturated carbocycles. The Bertz CT molecular complexity index is 1150. The molecule has 29 heavy (non-hydrogen) atoms. The van der Waals surface area contributed by atoms with Gasteiger partial charge in [-0.15, -0.1) is 0 Å². The summed E-state index contributed by atoms with van der Waals surface area (Å²) in [6.45, 7) is 0. The molecule has 1 aromatic carbocycles. The summed E-state index contributed by atoms with van der Waals surface area (Å²) in [5.74, 6) is 1.49. The second-order valence-corrected chi connectivity index (χ2v) is 7.58. The number of pyridine rings is 2. The molecule has 1 aliphatic rings. The second-order valence-electron chi connectivity index (χ2n) is 7.58. The predicted octanol–water partition coefficient (Wildman–Crippen LogP) is 4.20. The summed E-state index contributed by atoms with van der Waals surface area (Å²) in [4.78, 5) is 21.2. The van der Waals surface area contributed by atoms with Crippen molar-refractivity contribution in [1.29, 1.82) is 0 Å². The van der Waals surface area contributed by atoms with E-state index < -0.39 is 0 Å². The van der Waals surface area contributed by atoms with Crippen molar-refractivity contribution >= 4 is 22.6 Å². The minimum Gasteiger partial charge on any atom is -0.311 e. The Kier molecular flexibility index (Phi) is 4.52. The van der Waals surface area contributed by atoms with Gasteiger partial charge in [0.1, 0.15) is 5.82 Å². The van der Waals surface area contributed by atoms with Crippen molar-refractivity contribution in [2.45, 2.75) is 31.1 Å². The molecule has 0 unspecified atom stereocenters.